The van der Waals surface area contributed by atoms with Crippen LogP contribution in [0.2, 0.25) is 0 Å². The molecule has 0 radical (unpaired) electrons. The van der Waals surface area contributed by atoms with E-state index in [-0.39, 0.29) is 5.91 Å². The first kappa shape index (κ1) is 14.9. The third kappa shape index (κ3) is 3.99. The predicted molar refractivity (Wildman–Crippen MR) is 76.5 cm³/mol. The number of amides is 1. The van der Waals surface area contributed by atoms with Crippen LogP contribution in [0.1, 0.15) is 34.7 Å². The molecule has 0 unspecified atom stereocenters. The van der Waals surface area contributed by atoms with Crippen LogP contribution in [0.3, 0.4) is 0 Å². The lowest BCUT2D eigenvalue weighted by Gasteiger charge is -2.08. The Morgan fingerprint density at radius 2 is 2.19 bits per heavy atom. The van der Waals surface area contributed by atoms with Crippen LogP contribution in [0, 0.1) is 6.92 Å². The number of carbonyl (C=O) groups excluding carboxylic acids is 1. The molecule has 0 spiro atoms. The highest BCUT2D eigenvalue weighted by atomic mass is 16.5. The molecule has 2 aromatic rings. The van der Waals surface area contributed by atoms with E-state index in [9.17, 15) is 4.79 Å². The molecule has 8 nitrogen and oxygen atoms in total. The van der Waals surface area contributed by atoms with E-state index in [1.165, 1.54) is 0 Å². The average molecular weight is 290 g/mol. The smallest absolute Gasteiger partial charge is 0.251 e. The quantitative estimate of drug-likeness (QED) is 0.526. The number of anilines is 1. The fraction of sp³-hybridized carbons (Fsp3) is 0.385. The zero-order chi connectivity index (χ0) is 15.2. The second-order valence-corrected chi connectivity index (χ2v) is 4.47. The van der Waals surface area contributed by atoms with Gasteiger partial charge in [-0.3, -0.25) is 4.79 Å². The second-order valence-electron chi connectivity index (χ2n) is 4.47. The van der Waals surface area contributed by atoms with Crippen molar-refractivity contribution in [2.24, 2.45) is 5.84 Å². The first-order valence-electron chi connectivity index (χ1n) is 6.67. The minimum Gasteiger partial charge on any atom is -0.352 e. The zero-order valence-corrected chi connectivity index (χ0v) is 12.0. The summed E-state index contributed by atoms with van der Waals surface area (Å²) in [6.07, 6.45) is 1.23. The monoisotopic (exact) mass is 290 g/mol. The molecule has 8 heteroatoms. The fourth-order valence-corrected chi connectivity index (χ4v) is 1.81. The molecule has 0 aliphatic heterocycles. The van der Waals surface area contributed by atoms with Crippen LogP contribution in [-0.4, -0.2) is 27.6 Å². The number of nitrogens with two attached hydrogens (primary N) is 1. The summed E-state index contributed by atoms with van der Waals surface area (Å²) in [6, 6.07) is 3.35. The number of hydrogen-bond acceptors (Lipinski definition) is 7. The van der Waals surface area contributed by atoms with Crippen molar-refractivity contribution in [3.63, 3.8) is 0 Å². The van der Waals surface area contributed by atoms with Gasteiger partial charge >= 0.3 is 0 Å². The number of carbonyl (C=O) groups is 1. The summed E-state index contributed by atoms with van der Waals surface area (Å²) >= 11 is 0. The van der Waals surface area contributed by atoms with Gasteiger partial charge in [0.05, 0.1) is 0 Å². The summed E-state index contributed by atoms with van der Waals surface area (Å²) in [5.41, 5.74) is 3.77. The standard InChI is InChI=1S/C13H18N6O2/c1-3-10-6-9(7-12(17-10)18-14)13(20)15-5-4-11-16-8(2)21-19-11/h6-7H,3-5,14H2,1-2H3,(H,15,20)(H,17,18). The molecular formula is C13H18N6O2. The van der Waals surface area contributed by atoms with Crippen molar-refractivity contribution in [3.8, 4) is 0 Å². The first-order chi connectivity index (χ1) is 10.1. The summed E-state index contributed by atoms with van der Waals surface area (Å²) in [5, 5.41) is 6.57. The van der Waals surface area contributed by atoms with Crippen molar-refractivity contribution in [2.75, 3.05) is 12.0 Å². The maximum atomic E-state index is 12.1. The van der Waals surface area contributed by atoms with Crippen molar-refractivity contribution < 1.29 is 9.32 Å². The summed E-state index contributed by atoms with van der Waals surface area (Å²) in [6.45, 7) is 4.11. The molecule has 21 heavy (non-hydrogen) atoms. The Labute approximate surface area is 122 Å². The van der Waals surface area contributed by atoms with Crippen LogP contribution in [0.15, 0.2) is 16.7 Å². The van der Waals surface area contributed by atoms with E-state index in [1.54, 1.807) is 19.1 Å². The number of nitrogen functional groups attached to an aromatic ring is 1. The zero-order valence-electron chi connectivity index (χ0n) is 12.0. The molecule has 2 aromatic heterocycles. The van der Waals surface area contributed by atoms with Crippen LogP contribution in [-0.2, 0) is 12.8 Å². The van der Waals surface area contributed by atoms with E-state index in [1.807, 2.05) is 6.92 Å². The Morgan fingerprint density at radius 3 is 2.81 bits per heavy atom. The lowest BCUT2D eigenvalue weighted by atomic mass is 10.2. The Bertz CT molecular complexity index is 603. The Balaban J connectivity index is 1.96. The van der Waals surface area contributed by atoms with E-state index in [0.29, 0.717) is 36.1 Å². The average Bonchev–Trinajstić information content (AvgIpc) is 2.92. The van der Waals surface area contributed by atoms with Crippen molar-refractivity contribution in [3.05, 3.63) is 35.1 Å². The van der Waals surface area contributed by atoms with Crippen LogP contribution < -0.4 is 16.6 Å². The number of pyridine rings is 1. The highest BCUT2D eigenvalue weighted by Crippen LogP contribution is 2.10. The normalized spacial score (nSPS) is 10.4. The van der Waals surface area contributed by atoms with Crippen molar-refractivity contribution in [1.29, 1.82) is 0 Å². The third-order valence-corrected chi connectivity index (χ3v) is 2.85. The van der Waals surface area contributed by atoms with E-state index in [2.05, 4.69) is 25.9 Å². The van der Waals surface area contributed by atoms with Gasteiger partial charge in [-0.2, -0.15) is 4.98 Å². The number of nitrogens with zero attached hydrogens (tertiary/aromatic N) is 3. The molecule has 112 valence electrons. The largest absolute Gasteiger partial charge is 0.352 e. The molecule has 0 saturated carbocycles. The van der Waals surface area contributed by atoms with Crippen molar-refractivity contribution in [1.82, 2.24) is 20.4 Å². The molecule has 0 bridgehead atoms. The second kappa shape index (κ2) is 6.80. The highest BCUT2D eigenvalue weighted by molar-refractivity contribution is 5.95. The molecular weight excluding hydrogens is 272 g/mol. The summed E-state index contributed by atoms with van der Waals surface area (Å²) < 4.78 is 4.86. The predicted octanol–water partition coefficient (Wildman–Crippen LogP) is 0.594. The maximum absolute atomic E-state index is 12.1. The molecule has 0 aliphatic carbocycles. The first-order valence-corrected chi connectivity index (χ1v) is 6.67. The van der Waals surface area contributed by atoms with Crippen molar-refractivity contribution in [2.45, 2.75) is 26.7 Å². The van der Waals surface area contributed by atoms with Gasteiger partial charge in [-0.15, -0.1) is 0 Å². The Morgan fingerprint density at radius 1 is 1.38 bits per heavy atom. The van der Waals surface area contributed by atoms with Crippen LogP contribution >= 0.6 is 0 Å². The number of aromatic nitrogens is 3. The Hall–Kier alpha value is -2.48. The summed E-state index contributed by atoms with van der Waals surface area (Å²) in [5.74, 6) is 6.71. The molecule has 0 aliphatic rings. The number of nitrogens with one attached hydrogen (secondary N) is 2. The van der Waals surface area contributed by atoms with Gasteiger partial charge in [0.1, 0.15) is 5.82 Å². The minimum atomic E-state index is -0.191. The molecule has 4 N–H and O–H groups in total. The minimum absolute atomic E-state index is 0.191. The van der Waals surface area contributed by atoms with Gasteiger partial charge in [-0.1, -0.05) is 12.1 Å². The van der Waals surface area contributed by atoms with Gasteiger partial charge < -0.3 is 15.3 Å². The lowest BCUT2D eigenvalue weighted by molar-refractivity contribution is 0.0953. The molecule has 1 amide bonds. The van der Waals surface area contributed by atoms with Gasteiger partial charge in [-0.25, -0.2) is 10.8 Å². The topological polar surface area (TPSA) is 119 Å². The van der Waals surface area contributed by atoms with E-state index >= 15 is 0 Å². The third-order valence-electron chi connectivity index (χ3n) is 2.85. The number of rotatable bonds is 6. The van der Waals surface area contributed by atoms with E-state index in [0.717, 1.165) is 12.1 Å². The SMILES string of the molecule is CCc1cc(C(=O)NCCc2noc(C)n2)cc(NN)n1. The van der Waals surface area contributed by atoms with Crippen LogP contribution in [0.5, 0.6) is 0 Å². The summed E-state index contributed by atoms with van der Waals surface area (Å²) in [7, 11) is 0. The summed E-state index contributed by atoms with van der Waals surface area (Å²) in [4.78, 5) is 20.4. The number of hydrazine groups is 1. The molecule has 0 saturated heterocycles. The number of hydrogen-bond donors (Lipinski definition) is 3. The van der Waals surface area contributed by atoms with Crippen molar-refractivity contribution >= 4 is 11.7 Å². The van der Waals surface area contributed by atoms with E-state index in [4.69, 9.17) is 10.4 Å². The van der Waals surface area contributed by atoms with Gasteiger partial charge in [-0.05, 0) is 18.6 Å². The fourth-order valence-electron chi connectivity index (χ4n) is 1.81. The maximum Gasteiger partial charge on any atom is 0.251 e. The highest BCUT2D eigenvalue weighted by Gasteiger charge is 2.10. The molecule has 0 aromatic carbocycles. The number of aryl methyl sites for hydroxylation is 2. The van der Waals surface area contributed by atoms with Gasteiger partial charge in [0.15, 0.2) is 5.82 Å². The van der Waals surface area contributed by atoms with Gasteiger partial charge in [0.2, 0.25) is 5.89 Å². The van der Waals surface area contributed by atoms with Gasteiger partial charge in [0.25, 0.3) is 5.91 Å². The van der Waals surface area contributed by atoms with Crippen LogP contribution in [0.4, 0.5) is 5.82 Å². The Kier molecular flexibility index (Phi) is 4.83. The van der Waals surface area contributed by atoms with Crippen LogP contribution in [0.25, 0.3) is 0 Å². The van der Waals surface area contributed by atoms with E-state index < -0.39 is 0 Å². The lowest BCUT2D eigenvalue weighted by Crippen LogP contribution is -2.26. The van der Waals surface area contributed by atoms with Gasteiger partial charge in [0, 0.05) is 31.1 Å². The molecule has 0 atom stereocenters. The molecule has 2 rings (SSSR count). The molecule has 2 heterocycles. The molecule has 0 fully saturated rings.